The van der Waals surface area contributed by atoms with Crippen LogP contribution in [-0.2, 0) is 24.3 Å². The van der Waals surface area contributed by atoms with Crippen LogP contribution in [0.4, 0.5) is 10.1 Å². The Morgan fingerprint density at radius 3 is 2.58 bits per heavy atom. The number of sulfonamides is 1. The number of esters is 1. The van der Waals surface area contributed by atoms with Crippen LogP contribution in [0.5, 0.6) is 0 Å². The Bertz CT molecular complexity index is 1050. The summed E-state index contributed by atoms with van der Waals surface area (Å²) in [4.78, 5) is 28.7. The lowest BCUT2D eigenvalue weighted by Crippen LogP contribution is -2.41. The SMILES string of the molecule is Cc1ccc(NC(=O)C(C)OC(=O)C2CCN(S(=O)(=O)c3cccnc3)CC2)cc1F. The zero-order valence-corrected chi connectivity index (χ0v) is 18.1. The van der Waals surface area contributed by atoms with Crippen molar-refractivity contribution in [1.82, 2.24) is 9.29 Å². The lowest BCUT2D eigenvalue weighted by molar-refractivity contribution is -0.158. The smallest absolute Gasteiger partial charge is 0.309 e. The Labute approximate surface area is 180 Å². The number of pyridine rings is 1. The maximum absolute atomic E-state index is 13.6. The van der Waals surface area contributed by atoms with Crippen LogP contribution in [0.2, 0.25) is 0 Å². The third kappa shape index (κ3) is 5.45. The molecule has 0 radical (unpaired) electrons. The van der Waals surface area contributed by atoms with Crippen LogP contribution in [0.1, 0.15) is 25.3 Å². The second kappa shape index (κ2) is 9.52. The second-order valence-corrected chi connectivity index (χ2v) is 9.34. The van der Waals surface area contributed by atoms with E-state index in [-0.39, 0.29) is 36.5 Å². The average Bonchev–Trinajstić information content (AvgIpc) is 2.77. The maximum Gasteiger partial charge on any atom is 0.309 e. The standard InChI is InChI=1S/C21H24FN3O5S/c1-14-5-6-17(12-19(14)22)24-20(26)15(2)30-21(27)16-7-10-25(11-8-16)31(28,29)18-4-3-9-23-13-18/h3-6,9,12-13,15-16H,7-8,10-11H2,1-2H3,(H,24,26). The number of hydrogen-bond acceptors (Lipinski definition) is 6. The van der Waals surface area contributed by atoms with Gasteiger partial charge in [-0.2, -0.15) is 4.31 Å². The largest absolute Gasteiger partial charge is 0.452 e. The summed E-state index contributed by atoms with van der Waals surface area (Å²) in [6, 6.07) is 7.32. The molecule has 1 saturated heterocycles. The zero-order chi connectivity index (χ0) is 22.6. The molecule has 1 aromatic heterocycles. The van der Waals surface area contributed by atoms with E-state index in [0.29, 0.717) is 5.56 Å². The van der Waals surface area contributed by atoms with Gasteiger partial charge < -0.3 is 10.1 Å². The first-order valence-corrected chi connectivity index (χ1v) is 11.3. The van der Waals surface area contributed by atoms with E-state index in [4.69, 9.17) is 4.74 Å². The number of anilines is 1. The predicted octanol–water partition coefficient (Wildman–Crippen LogP) is 2.50. The van der Waals surface area contributed by atoms with Gasteiger partial charge in [-0.05, 0) is 56.5 Å². The molecular weight excluding hydrogens is 425 g/mol. The lowest BCUT2D eigenvalue weighted by Gasteiger charge is -2.30. The molecular formula is C21H24FN3O5S. The van der Waals surface area contributed by atoms with Crippen LogP contribution in [0.3, 0.4) is 0 Å². The molecule has 0 bridgehead atoms. The minimum Gasteiger partial charge on any atom is -0.452 e. The third-order valence-electron chi connectivity index (χ3n) is 5.16. The normalized spacial score (nSPS) is 16.5. The molecule has 3 rings (SSSR count). The summed E-state index contributed by atoms with van der Waals surface area (Å²) in [6.45, 7) is 3.37. The van der Waals surface area contributed by atoms with Crippen molar-refractivity contribution >= 4 is 27.6 Å². The van der Waals surface area contributed by atoms with E-state index in [9.17, 15) is 22.4 Å². The number of rotatable bonds is 6. The number of nitrogens with zero attached hydrogens (tertiary/aromatic N) is 2. The van der Waals surface area contributed by atoms with E-state index in [2.05, 4.69) is 10.3 Å². The number of carbonyl (C=O) groups is 2. The Morgan fingerprint density at radius 1 is 1.26 bits per heavy atom. The van der Waals surface area contributed by atoms with Crippen molar-refractivity contribution in [1.29, 1.82) is 0 Å². The molecule has 1 amide bonds. The fourth-order valence-electron chi connectivity index (χ4n) is 3.22. The molecule has 166 valence electrons. The molecule has 1 atom stereocenters. The van der Waals surface area contributed by atoms with Crippen LogP contribution in [0.15, 0.2) is 47.6 Å². The first-order chi connectivity index (χ1) is 14.7. The molecule has 1 aliphatic rings. The van der Waals surface area contributed by atoms with Crippen LogP contribution in [0.25, 0.3) is 0 Å². The van der Waals surface area contributed by atoms with Gasteiger partial charge in [-0.15, -0.1) is 0 Å². The molecule has 0 aliphatic carbocycles. The summed E-state index contributed by atoms with van der Waals surface area (Å²) in [5.74, 6) is -2.09. The molecule has 1 unspecified atom stereocenters. The number of nitrogens with one attached hydrogen (secondary N) is 1. The molecule has 1 aliphatic heterocycles. The summed E-state index contributed by atoms with van der Waals surface area (Å²) < 4.78 is 45.5. The molecule has 2 heterocycles. The molecule has 10 heteroatoms. The number of aryl methyl sites for hydroxylation is 1. The zero-order valence-electron chi connectivity index (χ0n) is 17.2. The van der Waals surface area contributed by atoms with Gasteiger partial charge in [-0.3, -0.25) is 14.6 Å². The van der Waals surface area contributed by atoms with Gasteiger partial charge in [0.15, 0.2) is 6.10 Å². The molecule has 31 heavy (non-hydrogen) atoms. The van der Waals surface area contributed by atoms with E-state index < -0.39 is 39.7 Å². The van der Waals surface area contributed by atoms with Gasteiger partial charge in [0.1, 0.15) is 10.7 Å². The predicted molar refractivity (Wildman–Crippen MR) is 111 cm³/mol. The maximum atomic E-state index is 13.6. The number of aromatic nitrogens is 1. The van der Waals surface area contributed by atoms with Crippen molar-refractivity contribution in [3.8, 4) is 0 Å². The first kappa shape index (κ1) is 22.8. The van der Waals surface area contributed by atoms with Gasteiger partial charge >= 0.3 is 5.97 Å². The number of carbonyl (C=O) groups excluding carboxylic acids is 2. The minimum atomic E-state index is -3.66. The second-order valence-electron chi connectivity index (χ2n) is 7.40. The Kier molecular flexibility index (Phi) is 7.01. The molecule has 1 fully saturated rings. The summed E-state index contributed by atoms with van der Waals surface area (Å²) in [7, 11) is -3.66. The molecule has 0 spiro atoms. The molecule has 2 aromatic rings. The number of amides is 1. The quantitative estimate of drug-likeness (QED) is 0.680. The average molecular weight is 450 g/mol. The van der Waals surface area contributed by atoms with Gasteiger partial charge in [0.2, 0.25) is 10.0 Å². The highest BCUT2D eigenvalue weighted by Crippen LogP contribution is 2.24. The number of piperidine rings is 1. The fraction of sp³-hybridized carbons (Fsp3) is 0.381. The van der Waals surface area contributed by atoms with Crippen molar-refractivity contribution in [2.24, 2.45) is 5.92 Å². The van der Waals surface area contributed by atoms with Crippen molar-refractivity contribution in [2.75, 3.05) is 18.4 Å². The number of halogens is 1. The Hall–Kier alpha value is -2.85. The van der Waals surface area contributed by atoms with E-state index in [1.54, 1.807) is 19.1 Å². The van der Waals surface area contributed by atoms with E-state index in [1.807, 2.05) is 0 Å². The first-order valence-electron chi connectivity index (χ1n) is 9.86. The third-order valence-corrected chi connectivity index (χ3v) is 7.04. The van der Waals surface area contributed by atoms with Crippen molar-refractivity contribution in [3.63, 3.8) is 0 Å². The van der Waals surface area contributed by atoms with Crippen molar-refractivity contribution in [3.05, 3.63) is 54.1 Å². The molecule has 1 N–H and O–H groups in total. The topological polar surface area (TPSA) is 106 Å². The molecule has 8 nitrogen and oxygen atoms in total. The number of benzene rings is 1. The van der Waals surface area contributed by atoms with Gasteiger partial charge in [0.25, 0.3) is 5.91 Å². The van der Waals surface area contributed by atoms with Gasteiger partial charge in [-0.1, -0.05) is 6.07 Å². The Balaban J connectivity index is 1.52. The minimum absolute atomic E-state index is 0.105. The summed E-state index contributed by atoms with van der Waals surface area (Å²) in [6.07, 6.45) is 2.28. The monoisotopic (exact) mass is 449 g/mol. The van der Waals surface area contributed by atoms with Crippen LogP contribution < -0.4 is 5.32 Å². The number of ether oxygens (including phenoxy) is 1. The summed E-state index contributed by atoms with van der Waals surface area (Å²) in [5.41, 5.74) is 0.722. The van der Waals surface area contributed by atoms with Crippen LogP contribution >= 0.6 is 0 Å². The highest BCUT2D eigenvalue weighted by molar-refractivity contribution is 7.89. The summed E-state index contributed by atoms with van der Waals surface area (Å²) in [5, 5.41) is 2.51. The fourth-order valence-corrected chi connectivity index (χ4v) is 4.65. The van der Waals surface area contributed by atoms with Gasteiger partial charge in [-0.25, -0.2) is 12.8 Å². The van der Waals surface area contributed by atoms with E-state index in [0.717, 1.165) is 0 Å². The van der Waals surface area contributed by atoms with Crippen molar-refractivity contribution < 1.29 is 27.1 Å². The molecule has 0 saturated carbocycles. The van der Waals surface area contributed by atoms with Gasteiger partial charge in [0.05, 0.1) is 5.92 Å². The van der Waals surface area contributed by atoms with E-state index in [1.165, 1.54) is 41.8 Å². The van der Waals surface area contributed by atoms with Crippen LogP contribution in [0, 0.1) is 18.7 Å². The highest BCUT2D eigenvalue weighted by atomic mass is 32.2. The molecule has 1 aromatic carbocycles. The lowest BCUT2D eigenvalue weighted by atomic mass is 9.98. The number of hydrogen-bond donors (Lipinski definition) is 1. The van der Waals surface area contributed by atoms with E-state index >= 15 is 0 Å². The van der Waals surface area contributed by atoms with Crippen molar-refractivity contribution in [2.45, 2.75) is 37.7 Å². The highest BCUT2D eigenvalue weighted by Gasteiger charge is 2.34. The van der Waals surface area contributed by atoms with Crippen LogP contribution in [-0.4, -0.2) is 48.8 Å². The van der Waals surface area contributed by atoms with Gasteiger partial charge in [0, 0.05) is 31.2 Å². The Morgan fingerprint density at radius 2 is 1.97 bits per heavy atom. The summed E-state index contributed by atoms with van der Waals surface area (Å²) >= 11 is 0.